The van der Waals surface area contributed by atoms with Gasteiger partial charge in [-0.25, -0.2) is 13.1 Å². The number of hydrogen-bond donors (Lipinski definition) is 1. The summed E-state index contributed by atoms with van der Waals surface area (Å²) in [5.41, 5.74) is 0.751. The number of benzene rings is 2. The largest absolute Gasteiger partial charge is 0.493 e. The fourth-order valence-electron chi connectivity index (χ4n) is 1.94. The molecule has 118 valence electrons. The summed E-state index contributed by atoms with van der Waals surface area (Å²) in [7, 11) is -1.81. The van der Waals surface area contributed by atoms with Crippen molar-refractivity contribution in [2.45, 2.75) is 5.75 Å². The zero-order valence-corrected chi connectivity index (χ0v) is 13.2. The van der Waals surface area contributed by atoms with E-state index in [-0.39, 0.29) is 18.9 Å². The molecule has 0 spiro atoms. The maximum absolute atomic E-state index is 11.9. The lowest BCUT2D eigenvalue weighted by Gasteiger charge is -2.11. The first-order valence-corrected chi connectivity index (χ1v) is 8.53. The molecule has 0 amide bonds. The molecule has 5 nitrogen and oxygen atoms in total. The topological polar surface area (TPSA) is 64.6 Å². The van der Waals surface area contributed by atoms with E-state index in [9.17, 15) is 8.42 Å². The molecule has 22 heavy (non-hydrogen) atoms. The Labute approximate surface area is 130 Å². The van der Waals surface area contributed by atoms with E-state index < -0.39 is 10.0 Å². The van der Waals surface area contributed by atoms with E-state index in [4.69, 9.17) is 9.47 Å². The van der Waals surface area contributed by atoms with Crippen LogP contribution in [0.2, 0.25) is 0 Å². The number of hydrogen-bond acceptors (Lipinski definition) is 4. The number of para-hydroxylation sites is 2. The van der Waals surface area contributed by atoms with Gasteiger partial charge in [0, 0.05) is 6.54 Å². The first-order valence-electron chi connectivity index (χ1n) is 6.88. The van der Waals surface area contributed by atoms with E-state index in [0.29, 0.717) is 11.5 Å². The van der Waals surface area contributed by atoms with E-state index in [2.05, 4.69) is 4.72 Å². The maximum Gasteiger partial charge on any atom is 0.215 e. The summed E-state index contributed by atoms with van der Waals surface area (Å²) in [4.78, 5) is 0. The van der Waals surface area contributed by atoms with Gasteiger partial charge >= 0.3 is 0 Å². The van der Waals surface area contributed by atoms with Crippen molar-refractivity contribution in [3.63, 3.8) is 0 Å². The van der Waals surface area contributed by atoms with Crippen LogP contribution in [0.5, 0.6) is 11.5 Å². The van der Waals surface area contributed by atoms with Gasteiger partial charge in [-0.3, -0.25) is 0 Å². The highest BCUT2D eigenvalue weighted by molar-refractivity contribution is 7.88. The molecular weight excluding hydrogens is 302 g/mol. The summed E-state index contributed by atoms with van der Waals surface area (Å²) < 4.78 is 37.1. The van der Waals surface area contributed by atoms with Crippen molar-refractivity contribution in [2.24, 2.45) is 0 Å². The van der Waals surface area contributed by atoms with E-state index in [0.717, 1.165) is 5.56 Å². The second-order valence-electron chi connectivity index (χ2n) is 4.64. The molecule has 2 aromatic carbocycles. The van der Waals surface area contributed by atoms with Crippen molar-refractivity contribution in [2.75, 3.05) is 20.3 Å². The molecule has 0 saturated carbocycles. The Morgan fingerprint density at radius 3 is 2.27 bits per heavy atom. The number of nitrogens with one attached hydrogen (secondary N) is 1. The Morgan fingerprint density at radius 1 is 0.955 bits per heavy atom. The molecule has 0 unspecified atom stereocenters. The van der Waals surface area contributed by atoms with E-state index in [1.807, 2.05) is 30.3 Å². The fraction of sp³-hybridized carbons (Fsp3) is 0.250. The molecule has 0 atom stereocenters. The predicted molar refractivity (Wildman–Crippen MR) is 85.6 cm³/mol. The highest BCUT2D eigenvalue weighted by Gasteiger charge is 2.11. The Kier molecular flexibility index (Phi) is 5.80. The van der Waals surface area contributed by atoms with Crippen molar-refractivity contribution in [3.8, 4) is 11.5 Å². The third kappa shape index (κ3) is 5.05. The Bertz CT molecular complexity index is 686. The first kappa shape index (κ1) is 16.3. The van der Waals surface area contributed by atoms with Crippen molar-refractivity contribution in [1.82, 2.24) is 4.72 Å². The minimum atomic E-state index is -3.37. The highest BCUT2D eigenvalue weighted by Crippen LogP contribution is 2.25. The average molecular weight is 321 g/mol. The van der Waals surface area contributed by atoms with Crippen LogP contribution in [0, 0.1) is 0 Å². The summed E-state index contributed by atoms with van der Waals surface area (Å²) in [6, 6.07) is 16.3. The quantitative estimate of drug-likeness (QED) is 0.757. The Hall–Kier alpha value is -2.05. The van der Waals surface area contributed by atoms with Crippen molar-refractivity contribution in [1.29, 1.82) is 0 Å². The molecular formula is C16H19NO4S. The van der Waals surface area contributed by atoms with E-state index in [1.165, 1.54) is 0 Å². The molecule has 0 heterocycles. The minimum Gasteiger partial charge on any atom is -0.493 e. The van der Waals surface area contributed by atoms with Gasteiger partial charge in [-0.15, -0.1) is 0 Å². The van der Waals surface area contributed by atoms with Gasteiger partial charge in [0.1, 0.15) is 6.61 Å². The lowest BCUT2D eigenvalue weighted by Crippen LogP contribution is -2.29. The summed E-state index contributed by atoms with van der Waals surface area (Å²) in [6.45, 7) is 0.432. The molecule has 0 fully saturated rings. The number of sulfonamides is 1. The zero-order chi connectivity index (χ0) is 15.8. The van der Waals surface area contributed by atoms with E-state index >= 15 is 0 Å². The van der Waals surface area contributed by atoms with Gasteiger partial charge in [0.25, 0.3) is 0 Å². The molecule has 6 heteroatoms. The molecule has 1 N–H and O–H groups in total. The van der Waals surface area contributed by atoms with Gasteiger partial charge in [-0.05, 0) is 17.7 Å². The van der Waals surface area contributed by atoms with Crippen LogP contribution in [0.3, 0.4) is 0 Å². The average Bonchev–Trinajstić information content (AvgIpc) is 2.52. The standard InChI is InChI=1S/C16H19NO4S/c1-20-15-9-5-6-10-16(15)21-12-11-17-22(18,19)13-14-7-3-2-4-8-14/h2-10,17H,11-13H2,1H3. The molecule has 0 saturated heterocycles. The predicted octanol–water partition coefficient (Wildman–Crippen LogP) is 2.19. The monoisotopic (exact) mass is 321 g/mol. The van der Waals surface area contributed by atoms with Crippen molar-refractivity contribution in [3.05, 3.63) is 60.2 Å². The Balaban J connectivity index is 1.80. The van der Waals surface area contributed by atoms with Crippen LogP contribution in [0.25, 0.3) is 0 Å². The lowest BCUT2D eigenvalue weighted by atomic mass is 10.2. The number of methoxy groups -OCH3 is 1. The maximum atomic E-state index is 11.9. The van der Waals surface area contributed by atoms with Gasteiger partial charge in [0.15, 0.2) is 11.5 Å². The van der Waals surface area contributed by atoms with E-state index in [1.54, 1.807) is 31.4 Å². The van der Waals surface area contributed by atoms with Crippen LogP contribution in [0.1, 0.15) is 5.56 Å². The molecule has 0 aromatic heterocycles. The van der Waals surface area contributed by atoms with Gasteiger partial charge in [-0.1, -0.05) is 42.5 Å². The number of rotatable bonds is 8. The SMILES string of the molecule is COc1ccccc1OCCNS(=O)(=O)Cc1ccccc1. The summed E-state index contributed by atoms with van der Waals surface area (Å²) in [5.74, 6) is 1.17. The van der Waals surface area contributed by atoms with Crippen LogP contribution in [-0.4, -0.2) is 28.7 Å². The minimum absolute atomic E-state index is 0.0392. The van der Waals surface area contributed by atoms with Crippen LogP contribution in [-0.2, 0) is 15.8 Å². The smallest absolute Gasteiger partial charge is 0.215 e. The molecule has 2 rings (SSSR count). The lowest BCUT2D eigenvalue weighted by molar-refractivity contribution is 0.298. The second kappa shape index (κ2) is 7.82. The van der Waals surface area contributed by atoms with Gasteiger partial charge in [0.2, 0.25) is 10.0 Å². The third-order valence-corrected chi connectivity index (χ3v) is 4.31. The van der Waals surface area contributed by atoms with Crippen LogP contribution in [0.15, 0.2) is 54.6 Å². The number of ether oxygens (including phenoxy) is 2. The molecule has 2 aromatic rings. The molecule has 0 aliphatic rings. The fourth-order valence-corrected chi connectivity index (χ4v) is 3.07. The molecule has 0 radical (unpaired) electrons. The summed E-state index contributed by atoms with van der Waals surface area (Å²) in [6.07, 6.45) is 0. The first-order chi connectivity index (χ1) is 10.6. The summed E-state index contributed by atoms with van der Waals surface area (Å²) >= 11 is 0. The summed E-state index contributed by atoms with van der Waals surface area (Å²) in [5, 5.41) is 0. The van der Waals surface area contributed by atoms with Crippen LogP contribution >= 0.6 is 0 Å². The molecule has 0 bridgehead atoms. The molecule has 0 aliphatic carbocycles. The van der Waals surface area contributed by atoms with Crippen molar-refractivity contribution >= 4 is 10.0 Å². The van der Waals surface area contributed by atoms with Gasteiger partial charge < -0.3 is 9.47 Å². The molecule has 0 aliphatic heterocycles. The Morgan fingerprint density at radius 2 is 1.59 bits per heavy atom. The van der Waals surface area contributed by atoms with Crippen LogP contribution < -0.4 is 14.2 Å². The van der Waals surface area contributed by atoms with Gasteiger partial charge in [0.05, 0.1) is 12.9 Å². The second-order valence-corrected chi connectivity index (χ2v) is 6.45. The van der Waals surface area contributed by atoms with Gasteiger partial charge in [-0.2, -0.15) is 0 Å². The van der Waals surface area contributed by atoms with Crippen molar-refractivity contribution < 1.29 is 17.9 Å². The van der Waals surface area contributed by atoms with Crippen LogP contribution in [0.4, 0.5) is 0 Å². The zero-order valence-electron chi connectivity index (χ0n) is 12.4. The highest BCUT2D eigenvalue weighted by atomic mass is 32.2. The third-order valence-electron chi connectivity index (χ3n) is 2.95. The normalized spacial score (nSPS) is 11.1.